The van der Waals surface area contributed by atoms with Crippen LogP contribution in [0.4, 0.5) is 5.95 Å². The third-order valence-electron chi connectivity index (χ3n) is 4.68. The number of piperazine rings is 1. The molecule has 2 amide bonds. The molecule has 2 heterocycles. The van der Waals surface area contributed by atoms with E-state index in [0.29, 0.717) is 44.2 Å². The van der Waals surface area contributed by atoms with Gasteiger partial charge in [0, 0.05) is 52.0 Å². The minimum absolute atomic E-state index is 0.0925. The van der Waals surface area contributed by atoms with E-state index < -0.39 is 0 Å². The summed E-state index contributed by atoms with van der Waals surface area (Å²) in [5.74, 6) is 0.532. The predicted molar refractivity (Wildman–Crippen MR) is 104 cm³/mol. The first kappa shape index (κ1) is 18.8. The zero-order valence-electron chi connectivity index (χ0n) is 15.6. The van der Waals surface area contributed by atoms with Gasteiger partial charge in [-0.1, -0.05) is 30.3 Å². The number of rotatable bonds is 6. The summed E-state index contributed by atoms with van der Waals surface area (Å²) in [6, 6.07) is 10.2. The van der Waals surface area contributed by atoms with Crippen LogP contribution in [-0.2, 0) is 11.2 Å². The molecule has 0 unspecified atom stereocenters. The van der Waals surface area contributed by atoms with E-state index in [4.69, 9.17) is 0 Å². The van der Waals surface area contributed by atoms with Gasteiger partial charge < -0.3 is 15.1 Å². The number of benzene rings is 1. The quantitative estimate of drug-likeness (QED) is 0.783. The Morgan fingerprint density at radius 3 is 2.33 bits per heavy atom. The Bertz CT molecular complexity index is 756. The van der Waals surface area contributed by atoms with Crippen molar-refractivity contribution in [1.29, 1.82) is 0 Å². The Labute approximate surface area is 159 Å². The van der Waals surface area contributed by atoms with Crippen LogP contribution < -0.4 is 10.2 Å². The number of amides is 2. The van der Waals surface area contributed by atoms with Gasteiger partial charge in [-0.3, -0.25) is 9.59 Å². The number of anilines is 1. The fraction of sp³-hybridized carbons (Fsp3) is 0.400. The third kappa shape index (κ3) is 5.26. The molecule has 0 saturated carbocycles. The number of nitrogens with one attached hydrogen (secondary N) is 1. The average Bonchev–Trinajstić information content (AvgIpc) is 2.72. The minimum atomic E-state index is -0.156. The van der Waals surface area contributed by atoms with E-state index in [2.05, 4.69) is 27.4 Å². The SMILES string of the molecule is CC(=O)N1CCN(c2ncc(C(=O)NCCCc3ccccc3)cn2)CC1. The summed E-state index contributed by atoms with van der Waals surface area (Å²) in [5, 5.41) is 2.91. The Hall–Kier alpha value is -2.96. The summed E-state index contributed by atoms with van der Waals surface area (Å²) >= 11 is 0. The number of hydrogen-bond donors (Lipinski definition) is 1. The first-order chi connectivity index (χ1) is 13.1. The molecule has 142 valence electrons. The van der Waals surface area contributed by atoms with Crippen LogP contribution in [-0.4, -0.2) is 59.4 Å². The average molecular weight is 367 g/mol. The molecule has 1 aliphatic heterocycles. The van der Waals surface area contributed by atoms with Crippen LogP contribution in [0.2, 0.25) is 0 Å². The van der Waals surface area contributed by atoms with E-state index in [-0.39, 0.29) is 11.8 Å². The van der Waals surface area contributed by atoms with Gasteiger partial charge >= 0.3 is 0 Å². The normalized spacial score (nSPS) is 14.1. The lowest BCUT2D eigenvalue weighted by Gasteiger charge is -2.34. The van der Waals surface area contributed by atoms with Gasteiger partial charge in [-0.05, 0) is 18.4 Å². The Kier molecular flexibility index (Phi) is 6.35. The van der Waals surface area contributed by atoms with Crippen molar-refractivity contribution < 1.29 is 9.59 Å². The largest absolute Gasteiger partial charge is 0.352 e. The molecule has 1 N–H and O–H groups in total. The van der Waals surface area contributed by atoms with Crippen molar-refractivity contribution in [3.63, 3.8) is 0 Å². The van der Waals surface area contributed by atoms with Crippen molar-refractivity contribution >= 4 is 17.8 Å². The molecule has 1 aromatic carbocycles. The van der Waals surface area contributed by atoms with Crippen molar-refractivity contribution in [3.8, 4) is 0 Å². The molecular formula is C20H25N5O2. The number of aromatic nitrogens is 2. The summed E-state index contributed by atoms with van der Waals surface area (Å²) in [6.07, 6.45) is 4.94. The molecule has 1 fully saturated rings. The Morgan fingerprint density at radius 2 is 1.70 bits per heavy atom. The standard InChI is InChI=1S/C20H25N5O2/c1-16(26)24-10-12-25(13-11-24)20-22-14-18(15-23-20)19(27)21-9-5-8-17-6-3-2-4-7-17/h2-4,6-7,14-15H,5,8-13H2,1H3,(H,21,27). The second kappa shape index (κ2) is 9.12. The summed E-state index contributed by atoms with van der Waals surface area (Å²) < 4.78 is 0. The minimum Gasteiger partial charge on any atom is -0.352 e. The van der Waals surface area contributed by atoms with Gasteiger partial charge in [0.1, 0.15) is 0 Å². The number of aryl methyl sites for hydroxylation is 1. The van der Waals surface area contributed by atoms with Crippen molar-refractivity contribution in [2.75, 3.05) is 37.6 Å². The first-order valence-electron chi connectivity index (χ1n) is 9.28. The molecule has 0 radical (unpaired) electrons. The topological polar surface area (TPSA) is 78.4 Å². The van der Waals surface area contributed by atoms with Crippen LogP contribution in [0, 0.1) is 0 Å². The van der Waals surface area contributed by atoms with E-state index in [0.717, 1.165) is 12.8 Å². The molecule has 0 aliphatic carbocycles. The van der Waals surface area contributed by atoms with Crippen molar-refractivity contribution in [2.24, 2.45) is 0 Å². The van der Waals surface area contributed by atoms with Crippen molar-refractivity contribution in [1.82, 2.24) is 20.2 Å². The van der Waals surface area contributed by atoms with E-state index in [9.17, 15) is 9.59 Å². The molecule has 1 aromatic heterocycles. The molecule has 0 bridgehead atoms. The fourth-order valence-corrected chi connectivity index (χ4v) is 3.06. The van der Waals surface area contributed by atoms with Gasteiger partial charge in [-0.15, -0.1) is 0 Å². The second-order valence-corrected chi connectivity index (χ2v) is 6.61. The van der Waals surface area contributed by atoms with Gasteiger partial charge in [-0.2, -0.15) is 0 Å². The predicted octanol–water partition coefficient (Wildman–Crippen LogP) is 1.51. The van der Waals surface area contributed by atoms with Gasteiger partial charge in [0.05, 0.1) is 5.56 Å². The summed E-state index contributed by atoms with van der Waals surface area (Å²) in [6.45, 7) is 4.93. The molecule has 2 aromatic rings. The van der Waals surface area contributed by atoms with E-state index in [1.54, 1.807) is 19.3 Å². The van der Waals surface area contributed by atoms with Gasteiger partial charge in [0.15, 0.2) is 0 Å². The highest BCUT2D eigenvalue weighted by Gasteiger charge is 2.20. The van der Waals surface area contributed by atoms with Gasteiger partial charge in [-0.25, -0.2) is 9.97 Å². The molecule has 7 nitrogen and oxygen atoms in total. The number of nitrogens with zero attached hydrogens (tertiary/aromatic N) is 4. The number of carbonyl (C=O) groups excluding carboxylic acids is 2. The monoisotopic (exact) mass is 367 g/mol. The van der Waals surface area contributed by atoms with E-state index >= 15 is 0 Å². The molecule has 0 spiro atoms. The zero-order chi connectivity index (χ0) is 19.1. The van der Waals surface area contributed by atoms with Crippen LogP contribution in [0.5, 0.6) is 0 Å². The summed E-state index contributed by atoms with van der Waals surface area (Å²) in [4.78, 5) is 36.1. The smallest absolute Gasteiger partial charge is 0.254 e. The van der Waals surface area contributed by atoms with Crippen LogP contribution in [0.25, 0.3) is 0 Å². The number of carbonyl (C=O) groups is 2. The van der Waals surface area contributed by atoms with Crippen LogP contribution in [0.3, 0.4) is 0 Å². The maximum atomic E-state index is 12.2. The highest BCUT2D eigenvalue weighted by Crippen LogP contribution is 2.11. The molecule has 7 heteroatoms. The molecule has 0 atom stereocenters. The molecule has 1 saturated heterocycles. The maximum Gasteiger partial charge on any atom is 0.254 e. The molecule has 3 rings (SSSR count). The highest BCUT2D eigenvalue weighted by atomic mass is 16.2. The Morgan fingerprint density at radius 1 is 1.04 bits per heavy atom. The number of hydrogen-bond acceptors (Lipinski definition) is 5. The van der Waals surface area contributed by atoms with Crippen LogP contribution in [0.15, 0.2) is 42.7 Å². The Balaban J connectivity index is 1.44. The van der Waals surface area contributed by atoms with E-state index in [1.165, 1.54) is 5.56 Å². The lowest BCUT2D eigenvalue weighted by atomic mass is 10.1. The van der Waals surface area contributed by atoms with Gasteiger partial charge in [0.2, 0.25) is 11.9 Å². The molecule has 1 aliphatic rings. The lowest BCUT2D eigenvalue weighted by molar-refractivity contribution is -0.129. The highest BCUT2D eigenvalue weighted by molar-refractivity contribution is 5.93. The second-order valence-electron chi connectivity index (χ2n) is 6.61. The molecule has 27 heavy (non-hydrogen) atoms. The zero-order valence-corrected chi connectivity index (χ0v) is 15.6. The molecular weight excluding hydrogens is 342 g/mol. The van der Waals surface area contributed by atoms with Crippen LogP contribution in [0.1, 0.15) is 29.3 Å². The first-order valence-corrected chi connectivity index (χ1v) is 9.28. The summed E-state index contributed by atoms with van der Waals surface area (Å²) in [5.41, 5.74) is 1.73. The third-order valence-corrected chi connectivity index (χ3v) is 4.68. The van der Waals surface area contributed by atoms with Crippen molar-refractivity contribution in [2.45, 2.75) is 19.8 Å². The fourth-order valence-electron chi connectivity index (χ4n) is 3.06. The van der Waals surface area contributed by atoms with E-state index in [1.807, 2.05) is 28.0 Å². The van der Waals surface area contributed by atoms with Gasteiger partial charge in [0.25, 0.3) is 5.91 Å². The van der Waals surface area contributed by atoms with Crippen LogP contribution >= 0.6 is 0 Å². The maximum absolute atomic E-state index is 12.2. The summed E-state index contributed by atoms with van der Waals surface area (Å²) in [7, 11) is 0. The van der Waals surface area contributed by atoms with Crippen molar-refractivity contribution in [3.05, 3.63) is 53.9 Å². The lowest BCUT2D eigenvalue weighted by Crippen LogP contribution is -2.48.